The highest BCUT2D eigenvalue weighted by atomic mass is 16.2. The molecule has 5 nitrogen and oxygen atoms in total. The van der Waals surface area contributed by atoms with Gasteiger partial charge in [-0.3, -0.25) is 9.59 Å². The monoisotopic (exact) mass is 247 g/mol. The van der Waals surface area contributed by atoms with Crippen LogP contribution in [-0.4, -0.2) is 30.9 Å². The van der Waals surface area contributed by atoms with E-state index in [2.05, 4.69) is 5.32 Å². The van der Waals surface area contributed by atoms with Crippen LogP contribution in [0.5, 0.6) is 0 Å². The summed E-state index contributed by atoms with van der Waals surface area (Å²) in [7, 11) is 0. The van der Waals surface area contributed by atoms with E-state index in [-0.39, 0.29) is 6.04 Å². The molecule has 0 fully saturated rings. The van der Waals surface area contributed by atoms with Crippen molar-refractivity contribution in [1.29, 1.82) is 0 Å². The highest BCUT2D eigenvalue weighted by molar-refractivity contribution is 6.40. The minimum absolute atomic E-state index is 0.0125. The van der Waals surface area contributed by atoms with Crippen LogP contribution < -0.4 is 16.0 Å². The van der Waals surface area contributed by atoms with Gasteiger partial charge >= 0.3 is 11.8 Å². The van der Waals surface area contributed by atoms with E-state index in [0.29, 0.717) is 13.1 Å². The molecule has 3 N–H and O–H groups in total. The van der Waals surface area contributed by atoms with E-state index in [1.54, 1.807) is 4.90 Å². The Bertz CT molecular complexity index is 473. The zero-order valence-corrected chi connectivity index (χ0v) is 10.3. The van der Waals surface area contributed by atoms with Gasteiger partial charge in [-0.15, -0.1) is 0 Å². The first-order valence-electron chi connectivity index (χ1n) is 6.04. The number of amides is 2. The highest BCUT2D eigenvalue weighted by Gasteiger charge is 2.33. The van der Waals surface area contributed by atoms with E-state index in [1.807, 2.05) is 31.2 Å². The molecule has 1 atom stereocenters. The fourth-order valence-electron chi connectivity index (χ4n) is 2.25. The number of para-hydroxylation sites is 1. The van der Waals surface area contributed by atoms with Gasteiger partial charge in [-0.1, -0.05) is 18.2 Å². The molecule has 1 heterocycles. The number of nitrogens with zero attached hydrogens (tertiary/aromatic N) is 1. The summed E-state index contributed by atoms with van der Waals surface area (Å²) in [6.45, 7) is 2.58. The van der Waals surface area contributed by atoms with E-state index in [1.165, 1.54) is 0 Å². The van der Waals surface area contributed by atoms with Gasteiger partial charge in [0.25, 0.3) is 0 Å². The third-order valence-corrected chi connectivity index (χ3v) is 3.05. The van der Waals surface area contributed by atoms with Crippen molar-refractivity contribution in [2.45, 2.75) is 19.4 Å². The number of carbonyl (C=O) groups is 2. The fraction of sp³-hybridized carbons (Fsp3) is 0.385. The smallest absolute Gasteiger partial charge is 0.316 e. The van der Waals surface area contributed by atoms with Crippen molar-refractivity contribution in [3.63, 3.8) is 0 Å². The van der Waals surface area contributed by atoms with Gasteiger partial charge in [0, 0.05) is 24.8 Å². The standard InChI is InChI=1S/C13H17N3O2/c1-9-8-10-4-2-3-5-11(10)16(9)13(18)12(17)15-7-6-14/h2-5,9H,6-8,14H2,1H3,(H,15,17). The second-order valence-electron chi connectivity index (χ2n) is 4.40. The Morgan fingerprint density at radius 1 is 1.44 bits per heavy atom. The summed E-state index contributed by atoms with van der Waals surface area (Å²) in [4.78, 5) is 25.3. The van der Waals surface area contributed by atoms with Crippen molar-refractivity contribution in [3.05, 3.63) is 29.8 Å². The van der Waals surface area contributed by atoms with Gasteiger partial charge in [0.05, 0.1) is 0 Å². The lowest BCUT2D eigenvalue weighted by atomic mass is 10.1. The topological polar surface area (TPSA) is 75.4 Å². The third-order valence-electron chi connectivity index (χ3n) is 3.05. The molecule has 18 heavy (non-hydrogen) atoms. The van der Waals surface area contributed by atoms with Crippen LogP contribution in [0.25, 0.3) is 0 Å². The van der Waals surface area contributed by atoms with Crippen LogP contribution in [0.1, 0.15) is 12.5 Å². The van der Waals surface area contributed by atoms with Gasteiger partial charge in [-0.05, 0) is 25.0 Å². The molecule has 0 radical (unpaired) electrons. The molecule has 1 aliphatic heterocycles. The summed E-state index contributed by atoms with van der Waals surface area (Å²) < 4.78 is 0. The van der Waals surface area contributed by atoms with Crippen molar-refractivity contribution < 1.29 is 9.59 Å². The van der Waals surface area contributed by atoms with Crippen molar-refractivity contribution in [3.8, 4) is 0 Å². The van der Waals surface area contributed by atoms with Crippen LogP contribution in [0.4, 0.5) is 5.69 Å². The average molecular weight is 247 g/mol. The van der Waals surface area contributed by atoms with Crippen molar-refractivity contribution in [1.82, 2.24) is 5.32 Å². The summed E-state index contributed by atoms with van der Waals surface area (Å²) in [5.41, 5.74) is 7.23. The Morgan fingerprint density at radius 2 is 2.17 bits per heavy atom. The first kappa shape index (κ1) is 12.6. The summed E-state index contributed by atoms with van der Waals surface area (Å²) in [6, 6.07) is 7.67. The Balaban J connectivity index is 2.18. The maximum atomic E-state index is 12.1. The molecule has 1 unspecified atom stereocenters. The van der Waals surface area contributed by atoms with Gasteiger partial charge in [-0.25, -0.2) is 0 Å². The fourth-order valence-corrected chi connectivity index (χ4v) is 2.25. The van der Waals surface area contributed by atoms with Crippen LogP contribution in [0, 0.1) is 0 Å². The number of rotatable bonds is 2. The highest BCUT2D eigenvalue weighted by Crippen LogP contribution is 2.31. The lowest BCUT2D eigenvalue weighted by Crippen LogP contribution is -2.46. The average Bonchev–Trinajstić information content (AvgIpc) is 2.70. The molecular formula is C13H17N3O2. The predicted molar refractivity (Wildman–Crippen MR) is 69.2 cm³/mol. The normalized spacial score (nSPS) is 17.4. The van der Waals surface area contributed by atoms with E-state index in [4.69, 9.17) is 5.73 Å². The summed E-state index contributed by atoms with van der Waals surface area (Å²) >= 11 is 0. The Kier molecular flexibility index (Phi) is 3.62. The molecule has 0 saturated carbocycles. The Morgan fingerprint density at radius 3 is 2.89 bits per heavy atom. The summed E-state index contributed by atoms with van der Waals surface area (Å²) in [6.07, 6.45) is 0.784. The van der Waals surface area contributed by atoms with Crippen molar-refractivity contribution >= 4 is 17.5 Å². The molecule has 1 aromatic rings. The number of hydrogen-bond donors (Lipinski definition) is 2. The number of fused-ring (bicyclic) bond motifs is 1. The van der Waals surface area contributed by atoms with Crippen LogP contribution in [0.3, 0.4) is 0 Å². The number of benzene rings is 1. The molecule has 0 saturated heterocycles. The zero-order valence-electron chi connectivity index (χ0n) is 10.3. The molecule has 96 valence electrons. The van der Waals surface area contributed by atoms with Crippen LogP contribution in [0.2, 0.25) is 0 Å². The molecule has 1 aliphatic rings. The number of nitrogens with one attached hydrogen (secondary N) is 1. The summed E-state index contributed by atoms with van der Waals surface area (Å²) in [5.74, 6) is -1.11. The summed E-state index contributed by atoms with van der Waals surface area (Å²) in [5, 5.41) is 2.51. The quantitative estimate of drug-likeness (QED) is 0.724. The molecule has 0 aromatic heterocycles. The van der Waals surface area contributed by atoms with Crippen molar-refractivity contribution in [2.75, 3.05) is 18.0 Å². The SMILES string of the molecule is CC1Cc2ccccc2N1C(=O)C(=O)NCCN. The largest absolute Gasteiger partial charge is 0.347 e. The maximum absolute atomic E-state index is 12.1. The molecule has 0 spiro atoms. The van der Waals surface area contributed by atoms with E-state index in [9.17, 15) is 9.59 Å². The molecule has 2 amide bonds. The Labute approximate surface area is 106 Å². The second kappa shape index (κ2) is 5.18. The van der Waals surface area contributed by atoms with E-state index in [0.717, 1.165) is 17.7 Å². The number of anilines is 1. The van der Waals surface area contributed by atoms with Gasteiger partial charge in [0.2, 0.25) is 0 Å². The lowest BCUT2D eigenvalue weighted by Gasteiger charge is -2.21. The molecule has 0 bridgehead atoms. The predicted octanol–water partition coefficient (Wildman–Crippen LogP) is 0.0391. The molecule has 5 heteroatoms. The minimum atomic E-state index is -0.594. The maximum Gasteiger partial charge on any atom is 0.316 e. The van der Waals surface area contributed by atoms with Crippen LogP contribution in [-0.2, 0) is 16.0 Å². The number of hydrogen-bond acceptors (Lipinski definition) is 3. The van der Waals surface area contributed by atoms with Gasteiger partial charge in [0.1, 0.15) is 0 Å². The van der Waals surface area contributed by atoms with Gasteiger partial charge < -0.3 is 16.0 Å². The van der Waals surface area contributed by atoms with Crippen LogP contribution >= 0.6 is 0 Å². The third kappa shape index (κ3) is 2.22. The molecule has 0 aliphatic carbocycles. The molecule has 2 rings (SSSR count). The number of carbonyl (C=O) groups excluding carboxylic acids is 2. The molecular weight excluding hydrogens is 230 g/mol. The van der Waals surface area contributed by atoms with Crippen LogP contribution in [0.15, 0.2) is 24.3 Å². The minimum Gasteiger partial charge on any atom is -0.347 e. The van der Waals surface area contributed by atoms with E-state index >= 15 is 0 Å². The lowest BCUT2D eigenvalue weighted by molar-refractivity contribution is -0.137. The van der Waals surface area contributed by atoms with Crippen molar-refractivity contribution in [2.24, 2.45) is 5.73 Å². The molecule has 1 aromatic carbocycles. The zero-order chi connectivity index (χ0) is 13.1. The van der Waals surface area contributed by atoms with Gasteiger partial charge in [-0.2, -0.15) is 0 Å². The first-order chi connectivity index (χ1) is 8.65. The van der Waals surface area contributed by atoms with E-state index < -0.39 is 11.8 Å². The number of nitrogens with two attached hydrogens (primary N) is 1. The Hall–Kier alpha value is -1.88. The van der Waals surface area contributed by atoms with Gasteiger partial charge in [0.15, 0.2) is 0 Å². The first-order valence-corrected chi connectivity index (χ1v) is 6.04. The second-order valence-corrected chi connectivity index (χ2v) is 4.40.